The van der Waals surface area contributed by atoms with Gasteiger partial charge in [0.2, 0.25) is 0 Å². The van der Waals surface area contributed by atoms with E-state index in [1.165, 1.54) is 18.2 Å². The number of esters is 2. The van der Waals surface area contributed by atoms with E-state index in [1.807, 2.05) is 0 Å². The minimum Gasteiger partial charge on any atom is -0.456 e. The van der Waals surface area contributed by atoms with Gasteiger partial charge in [-0.3, -0.25) is 0 Å². The minimum absolute atomic E-state index is 0.0220. The minimum atomic E-state index is -1.53. The molecular weight excluding hydrogens is 313 g/mol. The van der Waals surface area contributed by atoms with Crippen LogP contribution in [-0.4, -0.2) is 35.3 Å². The molecule has 0 radical (unpaired) electrons. The molecule has 0 unspecified atom stereocenters. The molecule has 0 saturated carbocycles. The van der Waals surface area contributed by atoms with Gasteiger partial charge < -0.3 is 19.3 Å². The van der Waals surface area contributed by atoms with Gasteiger partial charge in [0.15, 0.2) is 0 Å². The molecule has 0 spiro atoms. The molecule has 0 atom stereocenters. The molecule has 3 N–H and O–H groups in total. The van der Waals surface area contributed by atoms with Gasteiger partial charge in [0, 0.05) is 0 Å². The van der Waals surface area contributed by atoms with E-state index in [9.17, 15) is 14.6 Å². The number of nitrogens with two attached hydrogens (primary N) is 1. The second kappa shape index (κ2) is 7.33. The van der Waals surface area contributed by atoms with Crippen LogP contribution in [0.25, 0.3) is 0 Å². The van der Waals surface area contributed by atoms with Crippen LogP contribution in [0.4, 0.5) is 0 Å². The van der Waals surface area contributed by atoms with Gasteiger partial charge in [-0.25, -0.2) is 15.5 Å². The Morgan fingerprint density at radius 3 is 1.96 bits per heavy atom. The Hall–Kier alpha value is -1.90. The summed E-state index contributed by atoms with van der Waals surface area (Å²) in [5, 5.41) is 9.80. The van der Waals surface area contributed by atoms with Crippen LogP contribution in [0.2, 0.25) is 0 Å². The molecule has 0 aromatic heterocycles. The summed E-state index contributed by atoms with van der Waals surface area (Å²) >= 11 is 0. The third-order valence-electron chi connectivity index (χ3n) is 2.70. The van der Waals surface area contributed by atoms with Crippen molar-refractivity contribution in [3.8, 4) is 0 Å². The Morgan fingerprint density at radius 2 is 1.50 bits per heavy atom. The average molecular weight is 337 g/mol. The maximum absolute atomic E-state index is 12.4. The summed E-state index contributed by atoms with van der Waals surface area (Å²) < 4.78 is 14.9. The molecule has 0 aliphatic heterocycles. The molecule has 0 fully saturated rings. The summed E-state index contributed by atoms with van der Waals surface area (Å²) in [7, 11) is -1.53. The fraction of sp³-hybridized carbons (Fsp3) is 0.500. The second-order valence-corrected chi connectivity index (χ2v) is 7.29. The van der Waals surface area contributed by atoms with Crippen molar-refractivity contribution in [2.24, 2.45) is 5.90 Å². The highest BCUT2D eigenvalue weighted by atomic mass is 16.6. The zero-order chi connectivity index (χ0) is 18.7. The van der Waals surface area contributed by atoms with Crippen molar-refractivity contribution in [2.45, 2.75) is 52.7 Å². The van der Waals surface area contributed by atoms with Crippen molar-refractivity contribution in [3.05, 3.63) is 29.3 Å². The van der Waals surface area contributed by atoms with E-state index in [2.05, 4.69) is 4.76 Å². The van der Waals surface area contributed by atoms with Crippen molar-refractivity contribution in [1.82, 2.24) is 0 Å². The zero-order valence-electron chi connectivity index (χ0n) is 14.9. The maximum Gasteiger partial charge on any atom is 0.509 e. The molecule has 132 valence electrons. The lowest BCUT2D eigenvalue weighted by atomic mass is 9.76. The van der Waals surface area contributed by atoms with Crippen LogP contribution in [0.15, 0.2) is 18.2 Å². The summed E-state index contributed by atoms with van der Waals surface area (Å²) in [6, 6.07) is 4.08. The predicted molar refractivity (Wildman–Crippen MR) is 89.7 cm³/mol. The summed E-state index contributed by atoms with van der Waals surface area (Å²) in [5.74, 6) is 3.68. The largest absolute Gasteiger partial charge is 0.509 e. The molecule has 1 aromatic rings. The normalized spacial score (nSPS) is 11.8. The summed E-state index contributed by atoms with van der Waals surface area (Å²) in [4.78, 5) is 24.6. The van der Waals surface area contributed by atoms with Gasteiger partial charge in [-0.2, -0.15) is 0 Å². The highest BCUT2D eigenvalue weighted by Crippen LogP contribution is 2.16. The quantitative estimate of drug-likeness (QED) is 0.482. The van der Waals surface area contributed by atoms with Gasteiger partial charge in [0.05, 0.1) is 11.1 Å². The van der Waals surface area contributed by atoms with E-state index in [1.54, 1.807) is 41.5 Å². The van der Waals surface area contributed by atoms with Crippen molar-refractivity contribution >= 4 is 24.5 Å². The molecule has 0 aliphatic carbocycles. The second-order valence-electron chi connectivity index (χ2n) is 7.29. The standard InChI is InChI=1S/C16H24BNO6/c1-15(2,3)22-13(19)10-7-8-12(17(21)24-18)11(9-10)14(20)23-16(4,5)6/h7-9,21H,18H2,1-6H3. The molecule has 0 aliphatic rings. The van der Waals surface area contributed by atoms with E-state index < -0.39 is 30.3 Å². The topological polar surface area (TPSA) is 108 Å². The van der Waals surface area contributed by atoms with Crippen LogP contribution in [-0.2, 0) is 14.2 Å². The first kappa shape index (κ1) is 20.2. The lowest BCUT2D eigenvalue weighted by Crippen LogP contribution is -2.41. The predicted octanol–water partition coefficient (Wildman–Crippen LogP) is 1.18. The smallest absolute Gasteiger partial charge is 0.456 e. The first-order chi connectivity index (χ1) is 10.8. The summed E-state index contributed by atoms with van der Waals surface area (Å²) in [6.45, 7) is 10.3. The Labute approximate surface area is 142 Å². The van der Waals surface area contributed by atoms with Crippen LogP contribution in [0.5, 0.6) is 0 Å². The molecule has 0 heterocycles. The highest BCUT2D eigenvalue weighted by molar-refractivity contribution is 6.61. The van der Waals surface area contributed by atoms with E-state index in [0.717, 1.165) is 0 Å². The molecule has 24 heavy (non-hydrogen) atoms. The van der Waals surface area contributed by atoms with Crippen LogP contribution < -0.4 is 11.4 Å². The fourth-order valence-electron chi connectivity index (χ4n) is 1.82. The van der Waals surface area contributed by atoms with Crippen molar-refractivity contribution < 1.29 is 28.8 Å². The van der Waals surface area contributed by atoms with E-state index >= 15 is 0 Å². The maximum atomic E-state index is 12.4. The van der Waals surface area contributed by atoms with Gasteiger partial charge in [-0.1, -0.05) is 6.07 Å². The van der Waals surface area contributed by atoms with Crippen LogP contribution in [0.3, 0.4) is 0 Å². The molecule has 1 aromatic carbocycles. The monoisotopic (exact) mass is 337 g/mol. The van der Waals surface area contributed by atoms with Gasteiger partial charge >= 0.3 is 19.1 Å². The SMILES string of the molecule is CC(C)(C)OC(=O)c1ccc(B(O)ON)c(C(=O)OC(C)(C)C)c1. The molecule has 0 amide bonds. The molecule has 8 heteroatoms. The number of carbonyl (C=O) groups is 2. The van der Waals surface area contributed by atoms with Crippen molar-refractivity contribution in [1.29, 1.82) is 0 Å². The van der Waals surface area contributed by atoms with Gasteiger partial charge in [-0.05, 0) is 59.1 Å². The number of benzene rings is 1. The van der Waals surface area contributed by atoms with Gasteiger partial charge in [-0.15, -0.1) is 0 Å². The first-order valence-corrected chi connectivity index (χ1v) is 7.48. The highest BCUT2D eigenvalue weighted by Gasteiger charge is 2.28. The number of carbonyl (C=O) groups excluding carboxylic acids is 2. The van der Waals surface area contributed by atoms with Crippen LogP contribution in [0.1, 0.15) is 62.3 Å². The Balaban J connectivity index is 3.27. The summed E-state index contributed by atoms with van der Waals surface area (Å²) in [6.07, 6.45) is 0. The third-order valence-corrected chi connectivity index (χ3v) is 2.70. The molecule has 7 nitrogen and oxygen atoms in total. The lowest BCUT2D eigenvalue weighted by Gasteiger charge is -2.22. The average Bonchev–Trinajstić information content (AvgIpc) is 2.42. The fourth-order valence-corrected chi connectivity index (χ4v) is 1.82. The van der Waals surface area contributed by atoms with Crippen LogP contribution >= 0.6 is 0 Å². The van der Waals surface area contributed by atoms with Crippen LogP contribution in [0, 0.1) is 0 Å². The lowest BCUT2D eigenvalue weighted by molar-refractivity contribution is 0.00679. The molecule has 1 rings (SSSR count). The first-order valence-electron chi connectivity index (χ1n) is 7.48. The number of ether oxygens (including phenoxy) is 2. The zero-order valence-corrected chi connectivity index (χ0v) is 14.9. The molecule has 0 bridgehead atoms. The number of hydrogen-bond acceptors (Lipinski definition) is 7. The summed E-state index contributed by atoms with van der Waals surface area (Å²) in [5.41, 5.74) is -1.20. The van der Waals surface area contributed by atoms with Crippen molar-refractivity contribution in [2.75, 3.05) is 0 Å². The Bertz CT molecular complexity index is 618. The van der Waals surface area contributed by atoms with Gasteiger partial charge in [0.1, 0.15) is 11.2 Å². The third kappa shape index (κ3) is 5.95. The van der Waals surface area contributed by atoms with Gasteiger partial charge in [0.25, 0.3) is 0 Å². The van der Waals surface area contributed by atoms with E-state index in [-0.39, 0.29) is 16.6 Å². The molecular formula is C16H24BNO6. The van der Waals surface area contributed by atoms with Crippen molar-refractivity contribution in [3.63, 3.8) is 0 Å². The number of hydrogen-bond donors (Lipinski definition) is 2. The number of rotatable bonds is 4. The van der Waals surface area contributed by atoms with E-state index in [0.29, 0.717) is 0 Å². The Kier molecular flexibility index (Phi) is 6.16. The molecule has 0 saturated heterocycles. The Morgan fingerprint density at radius 1 is 1.00 bits per heavy atom. The van der Waals surface area contributed by atoms with E-state index in [4.69, 9.17) is 15.4 Å².